The number of nitrogens with zero attached hydrogens (tertiary/aromatic N) is 1. The zero-order valence-corrected chi connectivity index (χ0v) is 10.6. The maximum atomic E-state index is 11.8. The van der Waals surface area contributed by atoms with E-state index in [9.17, 15) is 8.42 Å². The molecule has 2 rings (SSSR count). The molecule has 0 bridgehead atoms. The monoisotopic (exact) mass is 254 g/mol. The molecule has 0 aromatic heterocycles. The van der Waals surface area contributed by atoms with Crippen molar-refractivity contribution in [3.05, 3.63) is 35.9 Å². The second-order valence-electron chi connectivity index (χ2n) is 4.40. The van der Waals surface area contributed by atoms with Crippen LogP contribution in [0.2, 0.25) is 0 Å². The molecule has 4 nitrogen and oxygen atoms in total. The fraction of sp³-hybridized carbons (Fsp3) is 0.500. The van der Waals surface area contributed by atoms with Crippen LogP contribution in [0.1, 0.15) is 24.4 Å². The van der Waals surface area contributed by atoms with Crippen LogP contribution in [-0.2, 0) is 10.0 Å². The molecule has 94 valence electrons. The third-order valence-electron chi connectivity index (χ3n) is 3.08. The lowest BCUT2D eigenvalue weighted by Crippen LogP contribution is -2.41. The molecule has 17 heavy (non-hydrogen) atoms. The molecule has 5 heteroatoms. The van der Waals surface area contributed by atoms with Crippen LogP contribution < -0.4 is 5.73 Å². The summed E-state index contributed by atoms with van der Waals surface area (Å²) in [4.78, 5) is 0. The van der Waals surface area contributed by atoms with Crippen molar-refractivity contribution in [2.45, 2.75) is 18.9 Å². The first-order valence-corrected chi connectivity index (χ1v) is 7.49. The van der Waals surface area contributed by atoms with Gasteiger partial charge in [-0.15, -0.1) is 0 Å². The lowest BCUT2D eigenvalue weighted by Gasteiger charge is -2.28. The molecular weight excluding hydrogens is 236 g/mol. The number of hydrogen-bond donors (Lipinski definition) is 1. The van der Waals surface area contributed by atoms with Crippen molar-refractivity contribution in [1.29, 1.82) is 0 Å². The normalized spacial score (nSPS) is 22.2. The van der Waals surface area contributed by atoms with Gasteiger partial charge in [-0.2, -0.15) is 0 Å². The van der Waals surface area contributed by atoms with Gasteiger partial charge in [0.25, 0.3) is 0 Å². The second kappa shape index (κ2) is 5.16. The van der Waals surface area contributed by atoms with Gasteiger partial charge in [0.2, 0.25) is 10.0 Å². The van der Waals surface area contributed by atoms with Gasteiger partial charge in [-0.3, -0.25) is 0 Å². The number of benzene rings is 1. The van der Waals surface area contributed by atoms with E-state index in [-0.39, 0.29) is 11.8 Å². The Morgan fingerprint density at radius 1 is 1.24 bits per heavy atom. The Labute approximate surface area is 102 Å². The molecule has 1 atom stereocenters. The van der Waals surface area contributed by atoms with E-state index in [2.05, 4.69) is 0 Å². The van der Waals surface area contributed by atoms with Crippen LogP contribution in [-0.4, -0.2) is 31.6 Å². The lowest BCUT2D eigenvalue weighted by atomic mass is 10.1. The van der Waals surface area contributed by atoms with Gasteiger partial charge in [-0.05, 0) is 18.4 Å². The Kier molecular flexibility index (Phi) is 3.81. The molecule has 2 N–H and O–H groups in total. The summed E-state index contributed by atoms with van der Waals surface area (Å²) in [6.07, 6.45) is 1.69. The Balaban J connectivity index is 2.06. The summed E-state index contributed by atoms with van der Waals surface area (Å²) in [5.41, 5.74) is 7.02. The Morgan fingerprint density at radius 3 is 2.59 bits per heavy atom. The third kappa shape index (κ3) is 3.06. The van der Waals surface area contributed by atoms with E-state index in [1.54, 1.807) is 0 Å². The molecule has 0 radical (unpaired) electrons. The maximum absolute atomic E-state index is 11.8. The molecule has 1 fully saturated rings. The zero-order chi connectivity index (χ0) is 12.3. The molecule has 1 aromatic rings. The van der Waals surface area contributed by atoms with E-state index in [1.807, 2.05) is 30.3 Å². The molecule has 1 saturated heterocycles. The largest absolute Gasteiger partial charge is 0.323 e. The molecule has 1 aromatic carbocycles. The summed E-state index contributed by atoms with van der Waals surface area (Å²) in [7, 11) is -3.07. The van der Waals surface area contributed by atoms with Crippen LogP contribution >= 0.6 is 0 Å². The summed E-state index contributed by atoms with van der Waals surface area (Å²) in [6, 6.07) is 9.37. The van der Waals surface area contributed by atoms with Crippen LogP contribution in [0.5, 0.6) is 0 Å². The summed E-state index contributed by atoms with van der Waals surface area (Å²) >= 11 is 0. The van der Waals surface area contributed by atoms with Crippen molar-refractivity contribution >= 4 is 10.0 Å². The molecule has 1 unspecified atom stereocenters. The highest BCUT2D eigenvalue weighted by Crippen LogP contribution is 2.18. The standard InChI is InChI=1S/C12H18N2O2S/c13-12(11-6-2-1-3-7-11)10-14-8-4-5-9-17(14,15)16/h1-3,6-7,12H,4-5,8-10,13H2. The van der Waals surface area contributed by atoms with E-state index in [0.717, 1.165) is 18.4 Å². The summed E-state index contributed by atoms with van der Waals surface area (Å²) in [5, 5.41) is 0. The molecule has 1 aliphatic heterocycles. The Hall–Kier alpha value is -0.910. The van der Waals surface area contributed by atoms with Crippen molar-refractivity contribution in [3.63, 3.8) is 0 Å². The van der Waals surface area contributed by atoms with Gasteiger partial charge in [0.15, 0.2) is 0 Å². The minimum Gasteiger partial charge on any atom is -0.323 e. The second-order valence-corrected chi connectivity index (χ2v) is 6.49. The highest BCUT2D eigenvalue weighted by molar-refractivity contribution is 7.89. The number of hydrogen-bond acceptors (Lipinski definition) is 3. The summed E-state index contributed by atoms with van der Waals surface area (Å²) in [6.45, 7) is 0.981. The first-order valence-electron chi connectivity index (χ1n) is 5.88. The maximum Gasteiger partial charge on any atom is 0.214 e. The van der Waals surface area contributed by atoms with Gasteiger partial charge in [0.1, 0.15) is 0 Å². The van der Waals surface area contributed by atoms with Crippen molar-refractivity contribution in [3.8, 4) is 0 Å². The van der Waals surface area contributed by atoms with E-state index in [4.69, 9.17) is 5.73 Å². The van der Waals surface area contributed by atoms with E-state index < -0.39 is 10.0 Å². The molecular formula is C12H18N2O2S. The zero-order valence-electron chi connectivity index (χ0n) is 9.75. The number of nitrogens with two attached hydrogens (primary N) is 1. The van der Waals surface area contributed by atoms with Crippen LogP contribution in [0.3, 0.4) is 0 Å². The molecule has 0 aliphatic carbocycles. The minimum atomic E-state index is -3.07. The lowest BCUT2D eigenvalue weighted by molar-refractivity contribution is 0.363. The van der Waals surface area contributed by atoms with Crippen LogP contribution in [0.25, 0.3) is 0 Å². The van der Waals surface area contributed by atoms with Crippen LogP contribution in [0, 0.1) is 0 Å². The van der Waals surface area contributed by atoms with Crippen molar-refractivity contribution in [2.24, 2.45) is 5.73 Å². The topological polar surface area (TPSA) is 63.4 Å². The molecule has 1 heterocycles. The molecule has 0 amide bonds. The van der Waals surface area contributed by atoms with Crippen LogP contribution in [0.4, 0.5) is 0 Å². The fourth-order valence-corrected chi connectivity index (χ4v) is 3.69. The van der Waals surface area contributed by atoms with Gasteiger partial charge >= 0.3 is 0 Å². The highest BCUT2D eigenvalue weighted by atomic mass is 32.2. The SMILES string of the molecule is NC(CN1CCCCS1(=O)=O)c1ccccc1. The average Bonchev–Trinajstić information content (AvgIpc) is 2.33. The van der Waals surface area contributed by atoms with Gasteiger partial charge in [-0.25, -0.2) is 12.7 Å². The first kappa shape index (κ1) is 12.5. The number of rotatable bonds is 3. The first-order chi connectivity index (χ1) is 8.09. The molecule has 0 saturated carbocycles. The van der Waals surface area contributed by atoms with Crippen molar-refractivity contribution in [2.75, 3.05) is 18.8 Å². The van der Waals surface area contributed by atoms with Gasteiger partial charge in [0.05, 0.1) is 5.75 Å². The van der Waals surface area contributed by atoms with E-state index in [1.165, 1.54) is 4.31 Å². The predicted molar refractivity (Wildman–Crippen MR) is 68.0 cm³/mol. The Bertz CT molecular complexity index is 459. The predicted octanol–water partition coefficient (Wildman–Crippen LogP) is 1.11. The van der Waals surface area contributed by atoms with E-state index >= 15 is 0 Å². The van der Waals surface area contributed by atoms with Crippen LogP contribution in [0.15, 0.2) is 30.3 Å². The van der Waals surface area contributed by atoms with E-state index in [0.29, 0.717) is 13.1 Å². The molecule has 1 aliphatic rings. The number of sulfonamides is 1. The van der Waals surface area contributed by atoms with Gasteiger partial charge < -0.3 is 5.73 Å². The smallest absolute Gasteiger partial charge is 0.214 e. The molecule has 0 spiro atoms. The summed E-state index contributed by atoms with van der Waals surface area (Å²) in [5.74, 6) is 0.258. The highest BCUT2D eigenvalue weighted by Gasteiger charge is 2.27. The third-order valence-corrected chi connectivity index (χ3v) is 5.00. The van der Waals surface area contributed by atoms with Gasteiger partial charge in [-0.1, -0.05) is 30.3 Å². The quantitative estimate of drug-likeness (QED) is 0.879. The fourth-order valence-electron chi connectivity index (χ4n) is 2.07. The van der Waals surface area contributed by atoms with Gasteiger partial charge in [0, 0.05) is 19.1 Å². The average molecular weight is 254 g/mol. The van der Waals surface area contributed by atoms with Crippen molar-refractivity contribution < 1.29 is 8.42 Å². The Morgan fingerprint density at radius 2 is 1.94 bits per heavy atom. The minimum absolute atomic E-state index is 0.246. The van der Waals surface area contributed by atoms with Crippen molar-refractivity contribution in [1.82, 2.24) is 4.31 Å². The summed E-state index contributed by atoms with van der Waals surface area (Å²) < 4.78 is 25.2.